The lowest BCUT2D eigenvalue weighted by molar-refractivity contribution is -0.0512. The quantitative estimate of drug-likeness (QED) is 0.641. The first-order valence-electron chi connectivity index (χ1n) is 7.67. The molecule has 0 saturated heterocycles. The minimum absolute atomic E-state index is 0.0843. The summed E-state index contributed by atoms with van der Waals surface area (Å²) >= 11 is 12.1. The van der Waals surface area contributed by atoms with Crippen LogP contribution in [0, 0.1) is 0 Å². The van der Waals surface area contributed by atoms with Gasteiger partial charge in [0.1, 0.15) is 0 Å². The van der Waals surface area contributed by atoms with E-state index in [1.54, 1.807) is 13.1 Å². The third kappa shape index (κ3) is 5.14. The van der Waals surface area contributed by atoms with E-state index < -0.39 is 6.61 Å². The fourth-order valence-corrected chi connectivity index (χ4v) is 3.09. The Bertz CT molecular complexity index is 810. The molecule has 0 aliphatic carbocycles. The predicted molar refractivity (Wildman–Crippen MR) is 98.4 cm³/mol. The van der Waals surface area contributed by atoms with Crippen LogP contribution < -0.4 is 14.2 Å². The summed E-state index contributed by atoms with van der Waals surface area (Å²) in [6.07, 6.45) is 0. The Kier molecular flexibility index (Phi) is 7.10. The van der Waals surface area contributed by atoms with Gasteiger partial charge in [0, 0.05) is 19.2 Å². The first-order valence-corrected chi connectivity index (χ1v) is 8.42. The zero-order chi connectivity index (χ0) is 20.1. The number of carbonyl (C=O) groups is 1. The summed E-state index contributed by atoms with van der Waals surface area (Å²) < 4.78 is 39.3. The molecular formula is C18H17Cl2F2NO4. The largest absolute Gasteiger partial charge is 0.494 e. The maximum absolute atomic E-state index is 12.6. The van der Waals surface area contributed by atoms with E-state index in [1.165, 1.54) is 43.4 Å². The van der Waals surface area contributed by atoms with Crippen LogP contribution in [0.5, 0.6) is 17.2 Å². The molecule has 1 amide bonds. The number of alkyl halides is 2. The third-order valence-electron chi connectivity index (χ3n) is 3.66. The van der Waals surface area contributed by atoms with Crippen molar-refractivity contribution < 1.29 is 27.8 Å². The Morgan fingerprint density at radius 2 is 1.70 bits per heavy atom. The number of rotatable bonds is 7. The molecular weight excluding hydrogens is 403 g/mol. The number of hydrogen-bond donors (Lipinski definition) is 0. The zero-order valence-electron chi connectivity index (χ0n) is 14.8. The van der Waals surface area contributed by atoms with Gasteiger partial charge in [-0.3, -0.25) is 4.79 Å². The highest BCUT2D eigenvalue weighted by Gasteiger charge is 2.18. The summed E-state index contributed by atoms with van der Waals surface area (Å²) in [5, 5.41) is 0.439. The second-order valence-corrected chi connectivity index (χ2v) is 6.31. The number of ether oxygens (including phenoxy) is 3. The molecule has 0 bridgehead atoms. The predicted octanol–water partition coefficient (Wildman–Crippen LogP) is 4.88. The van der Waals surface area contributed by atoms with E-state index in [4.69, 9.17) is 32.7 Å². The van der Waals surface area contributed by atoms with Gasteiger partial charge < -0.3 is 19.1 Å². The first kappa shape index (κ1) is 21.1. The van der Waals surface area contributed by atoms with E-state index >= 15 is 0 Å². The van der Waals surface area contributed by atoms with Crippen molar-refractivity contribution in [3.8, 4) is 17.2 Å². The molecule has 0 heterocycles. The molecule has 9 heteroatoms. The molecule has 5 nitrogen and oxygen atoms in total. The summed E-state index contributed by atoms with van der Waals surface area (Å²) in [7, 11) is 4.35. The average Bonchev–Trinajstić information content (AvgIpc) is 2.61. The van der Waals surface area contributed by atoms with Crippen molar-refractivity contribution in [1.82, 2.24) is 4.90 Å². The van der Waals surface area contributed by atoms with Crippen LogP contribution in [0.2, 0.25) is 10.0 Å². The van der Waals surface area contributed by atoms with Crippen molar-refractivity contribution in [1.29, 1.82) is 0 Å². The van der Waals surface area contributed by atoms with Gasteiger partial charge in [-0.15, -0.1) is 0 Å². The normalized spacial score (nSPS) is 10.7. The van der Waals surface area contributed by atoms with Gasteiger partial charge in [-0.05, 0) is 29.8 Å². The summed E-state index contributed by atoms with van der Waals surface area (Å²) in [5.74, 6) is 0.0216. The van der Waals surface area contributed by atoms with Crippen LogP contribution >= 0.6 is 23.2 Å². The maximum Gasteiger partial charge on any atom is 0.387 e. The number of amides is 1. The van der Waals surface area contributed by atoms with Crippen molar-refractivity contribution in [2.24, 2.45) is 0 Å². The van der Waals surface area contributed by atoms with Crippen molar-refractivity contribution >= 4 is 29.1 Å². The molecule has 0 radical (unpaired) electrons. The van der Waals surface area contributed by atoms with Gasteiger partial charge in [-0.1, -0.05) is 29.3 Å². The molecule has 2 rings (SSSR count). The Balaban J connectivity index is 2.19. The highest BCUT2D eigenvalue weighted by molar-refractivity contribution is 6.37. The van der Waals surface area contributed by atoms with Crippen LogP contribution in [-0.4, -0.2) is 38.7 Å². The van der Waals surface area contributed by atoms with Crippen LogP contribution in [0.3, 0.4) is 0 Å². The molecule has 0 atom stereocenters. The van der Waals surface area contributed by atoms with Gasteiger partial charge >= 0.3 is 6.61 Å². The molecule has 27 heavy (non-hydrogen) atoms. The Morgan fingerprint density at radius 3 is 2.22 bits per heavy atom. The molecule has 2 aromatic carbocycles. The Morgan fingerprint density at radius 1 is 1.07 bits per heavy atom. The maximum atomic E-state index is 12.6. The topological polar surface area (TPSA) is 48.0 Å². The van der Waals surface area contributed by atoms with E-state index in [2.05, 4.69) is 4.74 Å². The first-order chi connectivity index (χ1) is 12.8. The molecule has 2 aromatic rings. The highest BCUT2D eigenvalue weighted by Crippen LogP contribution is 2.34. The molecule has 0 spiro atoms. The molecule has 0 aliphatic rings. The standard InChI is InChI=1S/C18H17Cl2F2NO4/c1-23(17(24)11-7-12(19)16(26-3)13(20)8-11)9-10-4-5-14(27-18(21)22)15(6-10)25-2/h4-8,18H,9H2,1-3H3. The third-order valence-corrected chi connectivity index (χ3v) is 4.22. The van der Waals surface area contributed by atoms with Crippen molar-refractivity contribution in [2.75, 3.05) is 21.3 Å². The van der Waals surface area contributed by atoms with Gasteiger partial charge in [0.15, 0.2) is 17.2 Å². The van der Waals surface area contributed by atoms with Crippen LogP contribution in [0.25, 0.3) is 0 Å². The number of nitrogens with zero attached hydrogens (tertiary/aromatic N) is 1. The summed E-state index contributed by atoms with van der Waals surface area (Å²) in [6, 6.07) is 7.38. The number of benzene rings is 2. The minimum Gasteiger partial charge on any atom is -0.494 e. The zero-order valence-corrected chi connectivity index (χ0v) is 16.3. The van der Waals surface area contributed by atoms with Crippen LogP contribution in [0.15, 0.2) is 30.3 Å². The number of hydrogen-bond acceptors (Lipinski definition) is 4. The lowest BCUT2D eigenvalue weighted by atomic mass is 10.1. The van der Waals surface area contributed by atoms with E-state index in [0.29, 0.717) is 5.56 Å². The second-order valence-electron chi connectivity index (χ2n) is 5.50. The van der Waals surface area contributed by atoms with Crippen LogP contribution in [0.1, 0.15) is 15.9 Å². The fraction of sp³-hybridized carbons (Fsp3) is 0.278. The number of methoxy groups -OCH3 is 2. The summed E-state index contributed by atoms with van der Waals surface area (Å²) in [6.45, 7) is -2.76. The fourth-order valence-electron chi connectivity index (χ4n) is 2.45. The van der Waals surface area contributed by atoms with Gasteiger partial charge in [0.25, 0.3) is 5.91 Å². The summed E-state index contributed by atoms with van der Waals surface area (Å²) in [4.78, 5) is 14.1. The van der Waals surface area contributed by atoms with Crippen LogP contribution in [0.4, 0.5) is 8.78 Å². The Hall–Kier alpha value is -2.25. The lowest BCUT2D eigenvalue weighted by Crippen LogP contribution is -2.26. The molecule has 0 unspecified atom stereocenters. The van der Waals surface area contributed by atoms with E-state index in [9.17, 15) is 13.6 Å². The highest BCUT2D eigenvalue weighted by atomic mass is 35.5. The van der Waals surface area contributed by atoms with E-state index in [1.807, 2.05) is 0 Å². The monoisotopic (exact) mass is 419 g/mol. The van der Waals surface area contributed by atoms with Gasteiger partial charge in [0.05, 0.1) is 24.3 Å². The lowest BCUT2D eigenvalue weighted by Gasteiger charge is -2.19. The number of carbonyl (C=O) groups excluding carboxylic acids is 1. The van der Waals surface area contributed by atoms with Crippen molar-refractivity contribution in [2.45, 2.75) is 13.2 Å². The Labute approximate surface area is 165 Å². The minimum atomic E-state index is -2.96. The molecule has 0 saturated carbocycles. The molecule has 146 valence electrons. The second kappa shape index (κ2) is 9.10. The van der Waals surface area contributed by atoms with Gasteiger partial charge in [-0.2, -0.15) is 8.78 Å². The van der Waals surface area contributed by atoms with Crippen molar-refractivity contribution in [3.63, 3.8) is 0 Å². The van der Waals surface area contributed by atoms with E-state index in [-0.39, 0.29) is 45.3 Å². The molecule has 0 aromatic heterocycles. The molecule has 0 fully saturated rings. The molecule has 0 aliphatic heterocycles. The van der Waals surface area contributed by atoms with Gasteiger partial charge in [-0.25, -0.2) is 0 Å². The van der Waals surface area contributed by atoms with Crippen LogP contribution in [-0.2, 0) is 6.54 Å². The average molecular weight is 420 g/mol. The van der Waals surface area contributed by atoms with Gasteiger partial charge in [0.2, 0.25) is 0 Å². The smallest absolute Gasteiger partial charge is 0.387 e. The number of halogens is 4. The van der Waals surface area contributed by atoms with E-state index in [0.717, 1.165) is 0 Å². The molecule has 0 N–H and O–H groups in total. The summed E-state index contributed by atoms with van der Waals surface area (Å²) in [5.41, 5.74) is 0.952. The SMILES string of the molecule is COc1cc(CN(C)C(=O)c2cc(Cl)c(OC)c(Cl)c2)ccc1OC(F)F. The van der Waals surface area contributed by atoms with Crippen molar-refractivity contribution in [3.05, 3.63) is 51.5 Å².